The number of anilines is 1. The summed E-state index contributed by atoms with van der Waals surface area (Å²) < 4.78 is 13.8. The molecule has 1 aliphatic heterocycles. The van der Waals surface area contributed by atoms with Crippen LogP contribution in [0.3, 0.4) is 0 Å². The fraction of sp³-hybridized carbons (Fsp3) is 0.600. The summed E-state index contributed by atoms with van der Waals surface area (Å²) in [6.45, 7) is 7.34. The Hall–Kier alpha value is -1.12. The van der Waals surface area contributed by atoms with Gasteiger partial charge in [-0.1, -0.05) is 6.92 Å². The van der Waals surface area contributed by atoms with Gasteiger partial charge >= 0.3 is 0 Å². The smallest absolute Gasteiger partial charge is 0.191 e. The number of nitrogens with one attached hydrogen (secondary N) is 2. The molecule has 1 aromatic rings. The Kier molecular flexibility index (Phi) is 8.44. The predicted octanol–water partition coefficient (Wildman–Crippen LogP) is 2.38. The number of pyridine rings is 1. The van der Waals surface area contributed by atoms with Crippen molar-refractivity contribution in [2.24, 2.45) is 4.99 Å². The highest BCUT2D eigenvalue weighted by Gasteiger charge is 2.25. The molecule has 1 fully saturated rings. The third kappa shape index (κ3) is 5.26. The first-order valence-electron chi connectivity index (χ1n) is 7.64. The van der Waals surface area contributed by atoms with E-state index in [-0.39, 0.29) is 35.8 Å². The average Bonchev–Trinajstić information content (AvgIpc) is 2.94. The Morgan fingerprint density at radius 2 is 2.32 bits per heavy atom. The minimum absolute atomic E-state index is 0. The van der Waals surface area contributed by atoms with Gasteiger partial charge in [-0.05, 0) is 31.9 Å². The molecule has 0 radical (unpaired) electrons. The van der Waals surface area contributed by atoms with Gasteiger partial charge in [0.05, 0.1) is 0 Å². The van der Waals surface area contributed by atoms with Gasteiger partial charge in [0, 0.05) is 38.4 Å². The zero-order valence-electron chi connectivity index (χ0n) is 13.2. The molecule has 1 saturated heterocycles. The summed E-state index contributed by atoms with van der Waals surface area (Å²) in [7, 11) is 0. The van der Waals surface area contributed by atoms with Crippen LogP contribution in [0.25, 0.3) is 0 Å². The van der Waals surface area contributed by atoms with Crippen molar-refractivity contribution in [3.63, 3.8) is 0 Å². The van der Waals surface area contributed by atoms with Crippen LogP contribution in [-0.4, -0.2) is 43.2 Å². The van der Waals surface area contributed by atoms with E-state index in [0.717, 1.165) is 45.0 Å². The van der Waals surface area contributed by atoms with Crippen LogP contribution in [0.5, 0.6) is 0 Å². The number of halogens is 2. The van der Waals surface area contributed by atoms with Gasteiger partial charge in [-0.25, -0.2) is 9.37 Å². The zero-order chi connectivity index (χ0) is 15.1. The number of hydrogen-bond donors (Lipinski definition) is 2. The Labute approximate surface area is 148 Å². The normalized spacial score (nSPS) is 18.0. The van der Waals surface area contributed by atoms with E-state index in [9.17, 15) is 4.39 Å². The molecule has 1 unspecified atom stereocenters. The van der Waals surface area contributed by atoms with Crippen molar-refractivity contribution in [3.05, 3.63) is 24.1 Å². The Balaban J connectivity index is 0.00000242. The van der Waals surface area contributed by atoms with Crippen molar-refractivity contribution in [3.8, 4) is 0 Å². The van der Waals surface area contributed by atoms with Crippen molar-refractivity contribution >= 4 is 35.8 Å². The van der Waals surface area contributed by atoms with E-state index < -0.39 is 0 Å². The predicted molar refractivity (Wildman–Crippen MR) is 99.6 cm³/mol. The van der Waals surface area contributed by atoms with Crippen LogP contribution in [0.4, 0.5) is 10.2 Å². The lowest BCUT2D eigenvalue weighted by molar-refractivity contribution is 0.612. The minimum atomic E-state index is -0.260. The van der Waals surface area contributed by atoms with Gasteiger partial charge in [0.25, 0.3) is 0 Å². The maximum absolute atomic E-state index is 13.8. The summed E-state index contributed by atoms with van der Waals surface area (Å²) in [5.74, 6) is 1.02. The standard InChI is InChI=1S/C15H24FN5.HI/c1-3-8-19-15(17-4-2)20-12-7-10-21(11-12)14-13(16)6-5-9-18-14;/h5-6,9,12H,3-4,7-8,10-11H2,1-2H3,(H2,17,19,20);1H. The van der Waals surface area contributed by atoms with Crippen molar-refractivity contribution < 1.29 is 4.39 Å². The molecule has 0 aromatic carbocycles. The second-order valence-corrected chi connectivity index (χ2v) is 5.15. The van der Waals surface area contributed by atoms with E-state index in [4.69, 9.17) is 0 Å². The first-order valence-corrected chi connectivity index (χ1v) is 7.64. The second kappa shape index (κ2) is 9.81. The summed E-state index contributed by atoms with van der Waals surface area (Å²) in [5, 5.41) is 6.66. The molecule has 0 bridgehead atoms. The minimum Gasteiger partial charge on any atom is -0.357 e. The van der Waals surface area contributed by atoms with E-state index in [2.05, 4.69) is 27.5 Å². The van der Waals surface area contributed by atoms with Gasteiger partial charge in [-0.15, -0.1) is 24.0 Å². The molecule has 1 aliphatic rings. The zero-order valence-corrected chi connectivity index (χ0v) is 15.5. The maximum Gasteiger partial charge on any atom is 0.191 e. The fourth-order valence-electron chi connectivity index (χ4n) is 2.42. The largest absolute Gasteiger partial charge is 0.357 e. The molecule has 0 amide bonds. The van der Waals surface area contributed by atoms with Crippen molar-refractivity contribution in [2.45, 2.75) is 32.7 Å². The molecule has 7 heteroatoms. The molecule has 2 N–H and O–H groups in total. The highest BCUT2D eigenvalue weighted by atomic mass is 127. The molecule has 5 nitrogen and oxygen atoms in total. The molecule has 2 rings (SSSR count). The van der Waals surface area contributed by atoms with E-state index in [1.807, 2.05) is 11.8 Å². The van der Waals surface area contributed by atoms with E-state index in [1.165, 1.54) is 6.07 Å². The van der Waals surface area contributed by atoms with Crippen LogP contribution < -0.4 is 15.5 Å². The fourth-order valence-corrected chi connectivity index (χ4v) is 2.42. The van der Waals surface area contributed by atoms with Crippen molar-refractivity contribution in [2.75, 3.05) is 31.1 Å². The number of aliphatic imine (C=N–C) groups is 1. The first kappa shape index (κ1) is 18.9. The average molecular weight is 421 g/mol. The molecule has 0 spiro atoms. The van der Waals surface area contributed by atoms with Crippen LogP contribution in [0.2, 0.25) is 0 Å². The number of guanidine groups is 1. The highest BCUT2D eigenvalue weighted by molar-refractivity contribution is 14.0. The molecule has 22 heavy (non-hydrogen) atoms. The summed E-state index contributed by atoms with van der Waals surface area (Å²) in [6.07, 6.45) is 3.60. The van der Waals surface area contributed by atoms with E-state index in [1.54, 1.807) is 12.3 Å². The quantitative estimate of drug-likeness (QED) is 0.436. The van der Waals surface area contributed by atoms with Crippen LogP contribution in [-0.2, 0) is 0 Å². The molecular formula is C15H25FIN5. The molecule has 1 atom stereocenters. The number of aromatic nitrogens is 1. The van der Waals surface area contributed by atoms with Gasteiger partial charge in [0.2, 0.25) is 0 Å². The summed E-state index contributed by atoms with van der Waals surface area (Å²) in [6, 6.07) is 3.34. The molecule has 124 valence electrons. The number of nitrogens with zero attached hydrogens (tertiary/aromatic N) is 3. The van der Waals surface area contributed by atoms with Gasteiger partial charge in [-0.3, -0.25) is 4.99 Å². The van der Waals surface area contributed by atoms with Crippen LogP contribution in [0, 0.1) is 5.82 Å². The van der Waals surface area contributed by atoms with Gasteiger partial charge in [0.15, 0.2) is 17.6 Å². The molecule has 2 heterocycles. The monoisotopic (exact) mass is 421 g/mol. The Bertz CT molecular complexity index is 483. The lowest BCUT2D eigenvalue weighted by Gasteiger charge is -2.19. The van der Waals surface area contributed by atoms with Gasteiger partial charge < -0.3 is 15.5 Å². The highest BCUT2D eigenvalue weighted by Crippen LogP contribution is 2.20. The topological polar surface area (TPSA) is 52.6 Å². The first-order chi connectivity index (χ1) is 10.2. The van der Waals surface area contributed by atoms with Crippen molar-refractivity contribution in [1.29, 1.82) is 0 Å². The number of rotatable bonds is 5. The lowest BCUT2D eigenvalue weighted by atomic mass is 10.3. The van der Waals surface area contributed by atoms with E-state index in [0.29, 0.717) is 5.82 Å². The summed E-state index contributed by atoms with van der Waals surface area (Å²) in [5.41, 5.74) is 0. The molecule has 0 saturated carbocycles. The Morgan fingerprint density at radius 1 is 1.50 bits per heavy atom. The Morgan fingerprint density at radius 3 is 3.00 bits per heavy atom. The summed E-state index contributed by atoms with van der Waals surface area (Å²) >= 11 is 0. The van der Waals surface area contributed by atoms with Crippen LogP contribution >= 0.6 is 24.0 Å². The SMILES string of the molecule is CCCN=C(NCC)NC1CCN(c2ncccc2F)C1.I. The lowest BCUT2D eigenvalue weighted by Crippen LogP contribution is -2.44. The van der Waals surface area contributed by atoms with Gasteiger partial charge in [-0.2, -0.15) is 0 Å². The molecule has 1 aromatic heterocycles. The van der Waals surface area contributed by atoms with Crippen LogP contribution in [0.15, 0.2) is 23.3 Å². The van der Waals surface area contributed by atoms with Crippen molar-refractivity contribution in [1.82, 2.24) is 15.6 Å². The summed E-state index contributed by atoms with van der Waals surface area (Å²) in [4.78, 5) is 10.6. The van der Waals surface area contributed by atoms with Crippen LogP contribution in [0.1, 0.15) is 26.7 Å². The third-order valence-electron chi connectivity index (χ3n) is 3.41. The second-order valence-electron chi connectivity index (χ2n) is 5.15. The molecular weight excluding hydrogens is 396 g/mol. The maximum atomic E-state index is 13.8. The third-order valence-corrected chi connectivity index (χ3v) is 3.41. The number of hydrogen-bond acceptors (Lipinski definition) is 3. The molecule has 0 aliphatic carbocycles. The van der Waals surface area contributed by atoms with E-state index >= 15 is 0 Å². The van der Waals surface area contributed by atoms with Gasteiger partial charge in [0.1, 0.15) is 0 Å².